The van der Waals surface area contributed by atoms with Crippen LogP contribution in [0.25, 0.3) is 11.3 Å². The van der Waals surface area contributed by atoms with Crippen molar-refractivity contribution in [1.29, 1.82) is 0 Å². The van der Waals surface area contributed by atoms with E-state index in [0.717, 1.165) is 17.7 Å². The SMILES string of the molecule is CCC(C)c1ccc(-c2csc(C(C)=O)n2)cc1. The third-order valence-corrected chi connectivity index (χ3v) is 4.14. The van der Waals surface area contributed by atoms with Crippen LogP contribution in [-0.4, -0.2) is 10.8 Å². The highest BCUT2D eigenvalue weighted by atomic mass is 32.1. The second-order valence-corrected chi connectivity index (χ2v) is 5.38. The van der Waals surface area contributed by atoms with E-state index in [1.54, 1.807) is 6.92 Å². The van der Waals surface area contributed by atoms with Gasteiger partial charge >= 0.3 is 0 Å². The van der Waals surface area contributed by atoms with E-state index in [4.69, 9.17) is 0 Å². The molecule has 2 nitrogen and oxygen atoms in total. The van der Waals surface area contributed by atoms with Gasteiger partial charge in [-0.25, -0.2) is 4.98 Å². The van der Waals surface area contributed by atoms with Crippen LogP contribution in [0.1, 0.15) is 48.5 Å². The molecule has 1 aromatic carbocycles. The van der Waals surface area contributed by atoms with Crippen LogP contribution < -0.4 is 0 Å². The summed E-state index contributed by atoms with van der Waals surface area (Å²) < 4.78 is 0. The minimum atomic E-state index is 0.0301. The lowest BCUT2D eigenvalue weighted by Crippen LogP contribution is -1.92. The molecule has 2 aromatic rings. The van der Waals surface area contributed by atoms with E-state index >= 15 is 0 Å². The van der Waals surface area contributed by atoms with Crippen molar-refractivity contribution < 1.29 is 4.79 Å². The minimum absolute atomic E-state index is 0.0301. The number of aromatic nitrogens is 1. The largest absolute Gasteiger partial charge is 0.292 e. The third kappa shape index (κ3) is 2.67. The van der Waals surface area contributed by atoms with Crippen molar-refractivity contribution in [2.24, 2.45) is 0 Å². The highest BCUT2D eigenvalue weighted by Crippen LogP contribution is 2.25. The van der Waals surface area contributed by atoms with Gasteiger partial charge in [-0.05, 0) is 17.9 Å². The maximum Gasteiger partial charge on any atom is 0.188 e. The first kappa shape index (κ1) is 13.0. The van der Waals surface area contributed by atoms with Gasteiger partial charge in [0.2, 0.25) is 0 Å². The molecule has 0 saturated carbocycles. The summed E-state index contributed by atoms with van der Waals surface area (Å²) in [6.07, 6.45) is 1.14. The Hall–Kier alpha value is -1.48. The predicted octanol–water partition coefficient (Wildman–Crippen LogP) is 4.53. The van der Waals surface area contributed by atoms with Gasteiger partial charge in [0, 0.05) is 17.9 Å². The number of benzene rings is 1. The van der Waals surface area contributed by atoms with E-state index in [2.05, 4.69) is 43.1 Å². The number of Topliss-reactive ketones (excluding diaryl/α,β-unsaturated/α-hetero) is 1. The molecule has 0 spiro atoms. The van der Waals surface area contributed by atoms with Crippen LogP contribution in [0.3, 0.4) is 0 Å². The summed E-state index contributed by atoms with van der Waals surface area (Å²) in [5.41, 5.74) is 3.31. The van der Waals surface area contributed by atoms with Crippen molar-refractivity contribution in [3.05, 3.63) is 40.2 Å². The molecule has 0 aliphatic carbocycles. The van der Waals surface area contributed by atoms with Gasteiger partial charge in [0.25, 0.3) is 0 Å². The van der Waals surface area contributed by atoms with Crippen molar-refractivity contribution in [2.75, 3.05) is 0 Å². The average molecular weight is 259 g/mol. The van der Waals surface area contributed by atoms with Crippen LogP contribution >= 0.6 is 11.3 Å². The molecule has 2 rings (SSSR count). The Morgan fingerprint density at radius 3 is 2.50 bits per heavy atom. The number of ketones is 1. The lowest BCUT2D eigenvalue weighted by atomic mass is 9.97. The summed E-state index contributed by atoms with van der Waals surface area (Å²) >= 11 is 1.41. The Morgan fingerprint density at radius 1 is 1.33 bits per heavy atom. The van der Waals surface area contributed by atoms with Crippen LogP contribution in [0.5, 0.6) is 0 Å². The van der Waals surface area contributed by atoms with Crippen LogP contribution in [-0.2, 0) is 0 Å². The second kappa shape index (κ2) is 5.44. The van der Waals surface area contributed by atoms with Crippen molar-refractivity contribution in [1.82, 2.24) is 4.98 Å². The Bertz CT molecular complexity index is 542. The lowest BCUT2D eigenvalue weighted by Gasteiger charge is -2.08. The number of rotatable bonds is 4. The molecular formula is C15H17NOS. The summed E-state index contributed by atoms with van der Waals surface area (Å²) in [7, 11) is 0. The molecule has 3 heteroatoms. The molecule has 1 aromatic heterocycles. The molecule has 0 bridgehead atoms. The van der Waals surface area contributed by atoms with E-state index in [1.165, 1.54) is 16.9 Å². The van der Waals surface area contributed by atoms with Gasteiger partial charge in [-0.1, -0.05) is 38.1 Å². The van der Waals surface area contributed by atoms with Gasteiger partial charge in [-0.15, -0.1) is 11.3 Å². The maximum atomic E-state index is 11.2. The maximum absolute atomic E-state index is 11.2. The molecule has 1 heterocycles. The quantitative estimate of drug-likeness (QED) is 0.755. The Kier molecular flexibility index (Phi) is 3.92. The molecular weight excluding hydrogens is 242 g/mol. The van der Waals surface area contributed by atoms with Crippen LogP contribution in [0.15, 0.2) is 29.6 Å². The van der Waals surface area contributed by atoms with E-state index in [-0.39, 0.29) is 5.78 Å². The number of hydrogen-bond acceptors (Lipinski definition) is 3. The van der Waals surface area contributed by atoms with E-state index < -0.39 is 0 Å². The zero-order chi connectivity index (χ0) is 13.1. The fourth-order valence-electron chi connectivity index (χ4n) is 1.79. The zero-order valence-corrected chi connectivity index (χ0v) is 11.8. The molecule has 0 fully saturated rings. The van der Waals surface area contributed by atoms with E-state index in [1.807, 2.05) is 5.38 Å². The first-order valence-corrected chi connectivity index (χ1v) is 7.06. The normalized spacial score (nSPS) is 12.4. The fraction of sp³-hybridized carbons (Fsp3) is 0.333. The van der Waals surface area contributed by atoms with E-state index in [9.17, 15) is 4.79 Å². The highest BCUT2D eigenvalue weighted by molar-refractivity contribution is 7.12. The summed E-state index contributed by atoms with van der Waals surface area (Å²) in [6, 6.07) is 8.47. The molecule has 94 valence electrons. The molecule has 1 unspecified atom stereocenters. The number of carbonyl (C=O) groups excluding carboxylic acids is 1. The van der Waals surface area contributed by atoms with Crippen LogP contribution in [0.2, 0.25) is 0 Å². The Labute approximate surface area is 112 Å². The summed E-state index contributed by atoms with van der Waals surface area (Å²) in [6.45, 7) is 5.97. The van der Waals surface area contributed by atoms with Gasteiger partial charge in [0.15, 0.2) is 10.8 Å². The Morgan fingerprint density at radius 2 is 2.00 bits per heavy atom. The van der Waals surface area contributed by atoms with Crippen molar-refractivity contribution >= 4 is 17.1 Å². The smallest absolute Gasteiger partial charge is 0.188 e. The minimum Gasteiger partial charge on any atom is -0.292 e. The monoisotopic (exact) mass is 259 g/mol. The highest BCUT2D eigenvalue weighted by Gasteiger charge is 2.08. The van der Waals surface area contributed by atoms with Crippen LogP contribution in [0.4, 0.5) is 0 Å². The standard InChI is InChI=1S/C15H17NOS/c1-4-10(2)12-5-7-13(8-6-12)14-9-18-15(16-14)11(3)17/h5-10H,4H2,1-3H3. The fourth-order valence-corrected chi connectivity index (χ4v) is 2.52. The molecule has 0 saturated heterocycles. The lowest BCUT2D eigenvalue weighted by molar-refractivity contribution is 0.101. The summed E-state index contributed by atoms with van der Waals surface area (Å²) in [5.74, 6) is 0.615. The third-order valence-electron chi connectivity index (χ3n) is 3.19. The van der Waals surface area contributed by atoms with E-state index in [0.29, 0.717) is 10.9 Å². The van der Waals surface area contributed by atoms with Crippen molar-refractivity contribution in [3.63, 3.8) is 0 Å². The predicted molar refractivity (Wildman–Crippen MR) is 76.3 cm³/mol. The van der Waals surface area contributed by atoms with Gasteiger partial charge < -0.3 is 0 Å². The van der Waals surface area contributed by atoms with Gasteiger partial charge in [-0.3, -0.25) is 4.79 Å². The molecule has 0 aliphatic rings. The molecule has 18 heavy (non-hydrogen) atoms. The van der Waals surface area contributed by atoms with Crippen molar-refractivity contribution in [2.45, 2.75) is 33.1 Å². The molecule has 0 radical (unpaired) electrons. The number of hydrogen-bond donors (Lipinski definition) is 0. The number of carbonyl (C=O) groups is 1. The molecule has 0 N–H and O–H groups in total. The topological polar surface area (TPSA) is 30.0 Å². The molecule has 0 aliphatic heterocycles. The van der Waals surface area contributed by atoms with Gasteiger partial charge in [0.05, 0.1) is 5.69 Å². The average Bonchev–Trinajstić information content (AvgIpc) is 2.88. The molecule has 0 amide bonds. The summed E-state index contributed by atoms with van der Waals surface area (Å²) in [5, 5.41) is 2.52. The van der Waals surface area contributed by atoms with Crippen LogP contribution in [0, 0.1) is 0 Å². The first-order chi connectivity index (χ1) is 8.61. The number of thiazole rings is 1. The number of nitrogens with zero attached hydrogens (tertiary/aromatic N) is 1. The first-order valence-electron chi connectivity index (χ1n) is 6.18. The summed E-state index contributed by atoms with van der Waals surface area (Å²) in [4.78, 5) is 15.6. The zero-order valence-electron chi connectivity index (χ0n) is 10.9. The second-order valence-electron chi connectivity index (χ2n) is 4.53. The Balaban J connectivity index is 2.25. The molecule has 1 atom stereocenters. The van der Waals surface area contributed by atoms with Crippen molar-refractivity contribution in [3.8, 4) is 11.3 Å². The van der Waals surface area contributed by atoms with Gasteiger partial charge in [-0.2, -0.15) is 0 Å². The van der Waals surface area contributed by atoms with Gasteiger partial charge in [0.1, 0.15) is 0 Å².